The summed E-state index contributed by atoms with van der Waals surface area (Å²) in [6.45, 7) is 25.9. The number of phenolic OH excluding ortho intramolecular Hbond substituents is 2. The van der Waals surface area contributed by atoms with E-state index in [1.807, 2.05) is 42.8 Å². The number of hydrogen-bond donors (Lipinski definition) is 2. The van der Waals surface area contributed by atoms with Crippen LogP contribution in [0.5, 0.6) is 28.7 Å². The smallest absolute Gasteiger partial charge is 0.128 e. The van der Waals surface area contributed by atoms with Crippen molar-refractivity contribution in [3.63, 3.8) is 0 Å². The number of para-hydroxylation sites is 1. The SMILES string of the molecule is CC(C)(C)c1cc(C=Nc2ccc3ccccc3c2-c2c(N=Cc3cc(C(C)(C)C)cc(C(C)(C)C)c3O)ccc3ccccc23)c(O)c(C(C)(C)C)c1.[Cr].[O-]c1ccc(Oc2ccccc2)cc1. The van der Waals surface area contributed by atoms with Gasteiger partial charge < -0.3 is 20.1 Å². The number of aromatic hydroxyl groups is 2. The minimum Gasteiger partial charge on any atom is -0.872 e. The molecule has 0 saturated carbocycles. The Morgan fingerprint density at radius 2 is 0.812 bits per heavy atom. The molecule has 6 nitrogen and oxygen atoms in total. The van der Waals surface area contributed by atoms with Gasteiger partial charge in [-0.3, -0.25) is 9.98 Å². The number of fused-ring (bicyclic) bond motifs is 2. The minimum atomic E-state index is -0.258. The van der Waals surface area contributed by atoms with Crippen molar-refractivity contribution in [1.29, 1.82) is 0 Å². The number of phenols is 2. The Kier molecular flexibility index (Phi) is 15.4. The second kappa shape index (κ2) is 20.5. The van der Waals surface area contributed by atoms with Crippen LogP contribution >= 0.6 is 0 Å². The van der Waals surface area contributed by atoms with E-state index in [4.69, 9.17) is 14.7 Å². The van der Waals surface area contributed by atoms with E-state index in [-0.39, 0.29) is 56.3 Å². The molecule has 0 fully saturated rings. The van der Waals surface area contributed by atoms with E-state index in [0.29, 0.717) is 16.9 Å². The maximum Gasteiger partial charge on any atom is 0.128 e. The summed E-state index contributed by atoms with van der Waals surface area (Å²) in [7, 11) is 0. The van der Waals surface area contributed by atoms with Gasteiger partial charge in [0.05, 0.1) is 11.4 Å². The summed E-state index contributed by atoms with van der Waals surface area (Å²) >= 11 is 0. The van der Waals surface area contributed by atoms with Crippen LogP contribution in [0.1, 0.15) is 116 Å². The average Bonchev–Trinajstić information content (AvgIpc) is 3.28. The molecule has 0 amide bonds. The van der Waals surface area contributed by atoms with Crippen LogP contribution in [-0.2, 0) is 39.0 Å². The van der Waals surface area contributed by atoms with Crippen molar-refractivity contribution in [2.24, 2.45) is 9.98 Å². The zero-order valence-corrected chi connectivity index (χ0v) is 43.4. The topological polar surface area (TPSA) is 97.5 Å². The molecular formula is C62H65CrN2O4-. The van der Waals surface area contributed by atoms with E-state index < -0.39 is 0 Å². The standard InChI is InChI=1S/C50H56N2O2.C12H10O2.Cr/c1-47(2,3)35-25-33(45(53)39(27-35)49(7,8)9)29-51-41-23-21-31-17-13-15-19-37(31)43(41)44-38-20-16-14-18-32(38)22-24-42(44)52-30-34-26-36(48(4,5)6)28-40(46(34)54)50(10,11)12;13-10-6-8-12(9-7-10)14-11-4-2-1-3-5-11;/h13-30,53-54H,1-12H3;1-9,13H;/p-1. The predicted molar refractivity (Wildman–Crippen MR) is 285 cm³/mol. The van der Waals surface area contributed by atoms with Gasteiger partial charge in [-0.05, 0) is 103 Å². The van der Waals surface area contributed by atoms with Crippen molar-refractivity contribution < 1.29 is 37.4 Å². The van der Waals surface area contributed by atoms with Crippen molar-refractivity contribution in [1.82, 2.24) is 0 Å². The molecule has 8 aromatic carbocycles. The van der Waals surface area contributed by atoms with Gasteiger partial charge in [-0.1, -0.05) is 186 Å². The van der Waals surface area contributed by atoms with Gasteiger partial charge in [-0.25, -0.2) is 0 Å². The van der Waals surface area contributed by atoms with Crippen LogP contribution in [0.3, 0.4) is 0 Å². The van der Waals surface area contributed by atoms with E-state index in [9.17, 15) is 15.3 Å². The molecule has 0 spiro atoms. The average molecular weight is 954 g/mol. The Bertz CT molecular complexity index is 2970. The number of ether oxygens (including phenoxy) is 1. The molecule has 0 aliphatic heterocycles. The summed E-state index contributed by atoms with van der Waals surface area (Å²) < 4.78 is 5.49. The van der Waals surface area contributed by atoms with Crippen molar-refractivity contribution in [3.8, 4) is 39.9 Å². The Balaban J connectivity index is 0.000000445. The van der Waals surface area contributed by atoms with Gasteiger partial charge in [0, 0.05) is 63.2 Å². The van der Waals surface area contributed by atoms with E-state index >= 15 is 0 Å². The van der Waals surface area contributed by atoms with E-state index in [2.05, 4.69) is 180 Å². The second-order valence-corrected chi connectivity index (χ2v) is 21.7. The van der Waals surface area contributed by atoms with Crippen molar-refractivity contribution >= 4 is 45.3 Å². The summed E-state index contributed by atoms with van der Waals surface area (Å²) in [5.41, 5.74) is 8.16. The largest absolute Gasteiger partial charge is 0.872 e. The molecule has 0 aliphatic carbocycles. The first-order valence-corrected chi connectivity index (χ1v) is 23.4. The van der Waals surface area contributed by atoms with Gasteiger partial charge in [-0.15, -0.1) is 5.75 Å². The fourth-order valence-corrected chi connectivity index (χ4v) is 8.19. The third-order valence-corrected chi connectivity index (χ3v) is 12.2. The molecule has 0 aromatic heterocycles. The minimum absolute atomic E-state index is 0. The van der Waals surface area contributed by atoms with E-state index in [0.717, 1.165) is 72.0 Å². The van der Waals surface area contributed by atoms with Crippen LogP contribution in [0.15, 0.2) is 162 Å². The summed E-state index contributed by atoms with van der Waals surface area (Å²) in [6, 6.07) is 49.2. The maximum absolute atomic E-state index is 11.6. The summed E-state index contributed by atoms with van der Waals surface area (Å²) in [5, 5.41) is 38.4. The Labute approximate surface area is 420 Å². The third-order valence-electron chi connectivity index (χ3n) is 12.2. The zero-order chi connectivity index (χ0) is 49.2. The van der Waals surface area contributed by atoms with Gasteiger partial charge in [-0.2, -0.15) is 0 Å². The molecule has 8 rings (SSSR count). The van der Waals surface area contributed by atoms with E-state index in [1.165, 1.54) is 12.1 Å². The molecule has 0 unspecified atom stereocenters. The fourth-order valence-electron chi connectivity index (χ4n) is 8.19. The third kappa shape index (κ3) is 12.2. The van der Waals surface area contributed by atoms with Gasteiger partial charge in [0.1, 0.15) is 23.0 Å². The second-order valence-electron chi connectivity index (χ2n) is 21.7. The first-order valence-electron chi connectivity index (χ1n) is 23.4. The molecular weight excluding hydrogens is 889 g/mol. The molecule has 2 N–H and O–H groups in total. The van der Waals surface area contributed by atoms with Crippen LogP contribution in [0, 0.1) is 0 Å². The van der Waals surface area contributed by atoms with Crippen LogP contribution in [0.4, 0.5) is 11.4 Å². The Morgan fingerprint density at radius 1 is 0.435 bits per heavy atom. The molecule has 0 radical (unpaired) electrons. The molecule has 0 bridgehead atoms. The fraction of sp³-hybridized carbons (Fsp3) is 0.258. The van der Waals surface area contributed by atoms with E-state index in [1.54, 1.807) is 12.1 Å². The number of aliphatic imine (C=N–C) groups is 2. The maximum atomic E-state index is 11.6. The zero-order valence-electron chi connectivity index (χ0n) is 42.1. The van der Waals surface area contributed by atoms with Gasteiger partial charge >= 0.3 is 0 Å². The van der Waals surface area contributed by atoms with Gasteiger partial charge in [0.2, 0.25) is 0 Å². The van der Waals surface area contributed by atoms with Crippen LogP contribution in [0.25, 0.3) is 32.7 Å². The summed E-state index contributed by atoms with van der Waals surface area (Å²) in [5.74, 6) is 1.94. The van der Waals surface area contributed by atoms with Crippen LogP contribution in [-0.4, -0.2) is 22.6 Å². The Morgan fingerprint density at radius 3 is 1.20 bits per heavy atom. The molecule has 7 heteroatoms. The molecule has 0 saturated heterocycles. The van der Waals surface area contributed by atoms with Crippen molar-refractivity contribution in [2.75, 3.05) is 0 Å². The Hall–Kier alpha value is -6.65. The quantitative estimate of drug-likeness (QED) is 0.156. The number of nitrogens with zero attached hydrogens (tertiary/aromatic N) is 2. The number of rotatable bonds is 7. The number of benzene rings is 8. The molecule has 8 aromatic rings. The number of hydrogen-bond acceptors (Lipinski definition) is 6. The van der Waals surface area contributed by atoms with Crippen molar-refractivity contribution in [2.45, 2.75) is 105 Å². The predicted octanol–water partition coefficient (Wildman–Crippen LogP) is 16.3. The molecule has 0 aliphatic rings. The normalized spacial score (nSPS) is 12.3. The van der Waals surface area contributed by atoms with Crippen LogP contribution < -0.4 is 9.84 Å². The van der Waals surface area contributed by atoms with Crippen LogP contribution in [0.2, 0.25) is 0 Å². The molecule has 354 valence electrons. The monoisotopic (exact) mass is 953 g/mol. The molecule has 0 heterocycles. The van der Waals surface area contributed by atoms with Gasteiger partial charge in [0.25, 0.3) is 0 Å². The first kappa shape index (κ1) is 51.7. The first-order chi connectivity index (χ1) is 32.0. The van der Waals surface area contributed by atoms with Crippen molar-refractivity contribution in [3.05, 3.63) is 185 Å². The molecule has 0 atom stereocenters. The van der Waals surface area contributed by atoms with Gasteiger partial charge in [0.15, 0.2) is 0 Å². The summed E-state index contributed by atoms with van der Waals surface area (Å²) in [4.78, 5) is 10.4. The summed E-state index contributed by atoms with van der Waals surface area (Å²) in [6.07, 6.45) is 3.62. The molecule has 69 heavy (non-hydrogen) atoms.